The molecule has 1 unspecified atom stereocenters. The van der Waals surface area contributed by atoms with E-state index >= 15 is 0 Å². The molecule has 2 aromatic heterocycles. The van der Waals surface area contributed by atoms with E-state index in [2.05, 4.69) is 25.6 Å². The summed E-state index contributed by atoms with van der Waals surface area (Å²) in [6.07, 6.45) is 1.98. The van der Waals surface area contributed by atoms with Gasteiger partial charge < -0.3 is 10.0 Å². The molecule has 2 rings (SSSR count). The molecule has 1 atom stereocenters. The van der Waals surface area contributed by atoms with Crippen molar-refractivity contribution in [2.45, 2.75) is 19.4 Å². The normalized spacial score (nSPS) is 12.7. The van der Waals surface area contributed by atoms with E-state index in [1.54, 1.807) is 13.1 Å². The number of nitrogen functional groups attached to an aromatic ring is 1. The third-order valence-electron chi connectivity index (χ3n) is 2.66. The van der Waals surface area contributed by atoms with Crippen LogP contribution in [-0.4, -0.2) is 45.0 Å². The number of H-pyrrole nitrogens is 1. The average Bonchev–Trinajstić information content (AvgIpc) is 2.82. The van der Waals surface area contributed by atoms with Gasteiger partial charge in [-0.1, -0.05) is 0 Å². The molecule has 0 aliphatic heterocycles. The second kappa shape index (κ2) is 5.15. The van der Waals surface area contributed by atoms with Crippen LogP contribution in [0.15, 0.2) is 6.20 Å². The van der Waals surface area contributed by atoms with Gasteiger partial charge in [0.25, 0.3) is 0 Å². The quantitative estimate of drug-likeness (QED) is 0.431. The maximum atomic E-state index is 9.31. The minimum Gasteiger partial charge on any atom is -0.393 e. The summed E-state index contributed by atoms with van der Waals surface area (Å²) in [7, 11) is 1.90. The molecule has 2 aromatic rings. The predicted molar refractivity (Wildman–Crippen MR) is 69.1 cm³/mol. The summed E-state index contributed by atoms with van der Waals surface area (Å²) in [5, 5.41) is 16.9. The number of rotatable bonds is 5. The Morgan fingerprint density at radius 1 is 1.56 bits per heavy atom. The second-order valence-corrected chi connectivity index (χ2v) is 4.21. The van der Waals surface area contributed by atoms with E-state index < -0.39 is 0 Å². The van der Waals surface area contributed by atoms with Gasteiger partial charge in [0.05, 0.1) is 17.7 Å². The molecule has 0 saturated carbocycles. The van der Waals surface area contributed by atoms with E-state index in [9.17, 15) is 5.11 Å². The number of anilines is 2. The first-order chi connectivity index (χ1) is 8.61. The minimum absolute atomic E-state index is 0.325. The molecule has 0 spiro atoms. The molecular weight excluding hydrogens is 234 g/mol. The van der Waals surface area contributed by atoms with Crippen molar-refractivity contribution in [2.75, 3.05) is 23.9 Å². The number of fused-ring (bicyclic) bond motifs is 1. The third-order valence-corrected chi connectivity index (χ3v) is 2.66. The number of aromatic amines is 1. The lowest BCUT2D eigenvalue weighted by Gasteiger charge is -2.19. The van der Waals surface area contributed by atoms with E-state index in [1.165, 1.54) is 0 Å². The van der Waals surface area contributed by atoms with Gasteiger partial charge in [0.2, 0.25) is 5.95 Å². The number of aromatic nitrogens is 4. The zero-order chi connectivity index (χ0) is 13.1. The largest absolute Gasteiger partial charge is 0.393 e. The smallest absolute Gasteiger partial charge is 0.241 e. The Hall–Kier alpha value is -1.93. The summed E-state index contributed by atoms with van der Waals surface area (Å²) in [5.74, 6) is 6.38. The summed E-state index contributed by atoms with van der Waals surface area (Å²) in [6.45, 7) is 2.44. The molecule has 0 fully saturated rings. The lowest BCUT2D eigenvalue weighted by atomic mass is 10.2. The van der Waals surface area contributed by atoms with Crippen LogP contribution in [0.3, 0.4) is 0 Å². The number of aliphatic hydroxyl groups excluding tert-OH is 1. The molecule has 5 N–H and O–H groups in total. The first-order valence-corrected chi connectivity index (χ1v) is 5.68. The van der Waals surface area contributed by atoms with Crippen molar-refractivity contribution in [2.24, 2.45) is 5.84 Å². The molecule has 2 heterocycles. The molecule has 0 saturated heterocycles. The van der Waals surface area contributed by atoms with Crippen LogP contribution < -0.4 is 16.2 Å². The van der Waals surface area contributed by atoms with E-state index in [4.69, 9.17) is 5.84 Å². The van der Waals surface area contributed by atoms with Gasteiger partial charge in [0.15, 0.2) is 5.65 Å². The molecule has 0 radical (unpaired) electrons. The van der Waals surface area contributed by atoms with Gasteiger partial charge in [-0.05, 0) is 13.3 Å². The molecule has 0 bridgehead atoms. The Morgan fingerprint density at radius 3 is 3.00 bits per heavy atom. The number of hydrazine groups is 1. The van der Waals surface area contributed by atoms with Gasteiger partial charge in [-0.25, -0.2) is 5.84 Å². The SMILES string of the molecule is CC(O)CCN(C)c1nc(NN)nc2[nH]ncc12. The fraction of sp³-hybridized carbons (Fsp3) is 0.500. The van der Waals surface area contributed by atoms with Crippen LogP contribution in [0.1, 0.15) is 13.3 Å². The zero-order valence-electron chi connectivity index (χ0n) is 10.4. The second-order valence-electron chi connectivity index (χ2n) is 4.21. The van der Waals surface area contributed by atoms with Crippen molar-refractivity contribution in [1.29, 1.82) is 0 Å². The Balaban J connectivity index is 2.32. The highest BCUT2D eigenvalue weighted by atomic mass is 16.3. The van der Waals surface area contributed by atoms with Crippen LogP contribution in [-0.2, 0) is 0 Å². The maximum absolute atomic E-state index is 9.31. The summed E-state index contributed by atoms with van der Waals surface area (Å²) >= 11 is 0. The van der Waals surface area contributed by atoms with Crippen LogP contribution >= 0.6 is 0 Å². The molecule has 0 aromatic carbocycles. The molecule has 0 amide bonds. The van der Waals surface area contributed by atoms with Crippen LogP contribution in [0, 0.1) is 0 Å². The highest BCUT2D eigenvalue weighted by molar-refractivity contribution is 5.87. The molecule has 98 valence electrons. The molecule has 0 aliphatic carbocycles. The van der Waals surface area contributed by atoms with Crippen LogP contribution in [0.4, 0.5) is 11.8 Å². The first kappa shape index (κ1) is 12.5. The van der Waals surface area contributed by atoms with Gasteiger partial charge in [-0.15, -0.1) is 0 Å². The van der Waals surface area contributed by atoms with Crippen molar-refractivity contribution in [3.63, 3.8) is 0 Å². The molecular formula is C10H17N7O. The van der Waals surface area contributed by atoms with Crippen molar-refractivity contribution in [3.05, 3.63) is 6.20 Å². The van der Waals surface area contributed by atoms with E-state index in [0.717, 1.165) is 11.2 Å². The summed E-state index contributed by atoms with van der Waals surface area (Å²) in [6, 6.07) is 0. The molecule has 18 heavy (non-hydrogen) atoms. The Morgan fingerprint density at radius 2 is 2.33 bits per heavy atom. The number of hydrogen-bond acceptors (Lipinski definition) is 7. The first-order valence-electron chi connectivity index (χ1n) is 5.68. The number of nitrogens with one attached hydrogen (secondary N) is 2. The van der Waals surface area contributed by atoms with Crippen molar-refractivity contribution < 1.29 is 5.11 Å². The number of hydrogen-bond donors (Lipinski definition) is 4. The highest BCUT2D eigenvalue weighted by Gasteiger charge is 2.13. The van der Waals surface area contributed by atoms with Gasteiger partial charge in [-0.3, -0.25) is 10.5 Å². The molecule has 0 aliphatic rings. The Bertz CT molecular complexity index is 524. The van der Waals surface area contributed by atoms with Crippen LogP contribution in [0.5, 0.6) is 0 Å². The lowest BCUT2D eigenvalue weighted by Crippen LogP contribution is -2.24. The maximum Gasteiger partial charge on any atom is 0.241 e. The zero-order valence-corrected chi connectivity index (χ0v) is 10.4. The number of aliphatic hydroxyl groups is 1. The number of nitrogens with two attached hydrogens (primary N) is 1. The van der Waals surface area contributed by atoms with E-state index in [1.807, 2.05) is 11.9 Å². The van der Waals surface area contributed by atoms with Crippen molar-refractivity contribution in [3.8, 4) is 0 Å². The number of nitrogens with zero attached hydrogens (tertiary/aromatic N) is 4. The summed E-state index contributed by atoms with van der Waals surface area (Å²) in [5.41, 5.74) is 3.05. The standard InChI is InChI=1S/C10H17N7O/c1-6(18)3-4-17(2)9-7-5-12-16-8(7)13-10(14-9)15-11/h5-6,18H,3-4,11H2,1-2H3,(H2,12,13,14,15,16). The average molecular weight is 251 g/mol. The predicted octanol–water partition coefficient (Wildman–Crippen LogP) is -0.154. The molecule has 8 heteroatoms. The van der Waals surface area contributed by atoms with Gasteiger partial charge >= 0.3 is 0 Å². The van der Waals surface area contributed by atoms with E-state index in [0.29, 0.717) is 24.6 Å². The molecule has 8 nitrogen and oxygen atoms in total. The lowest BCUT2D eigenvalue weighted by molar-refractivity contribution is 0.187. The fourth-order valence-corrected chi connectivity index (χ4v) is 1.66. The fourth-order valence-electron chi connectivity index (χ4n) is 1.66. The van der Waals surface area contributed by atoms with Gasteiger partial charge in [-0.2, -0.15) is 15.1 Å². The highest BCUT2D eigenvalue weighted by Crippen LogP contribution is 2.22. The van der Waals surface area contributed by atoms with Gasteiger partial charge in [0, 0.05) is 13.6 Å². The van der Waals surface area contributed by atoms with Crippen LogP contribution in [0.25, 0.3) is 11.0 Å². The van der Waals surface area contributed by atoms with Crippen molar-refractivity contribution in [1.82, 2.24) is 20.2 Å². The third kappa shape index (κ3) is 2.49. The van der Waals surface area contributed by atoms with Crippen molar-refractivity contribution >= 4 is 22.8 Å². The summed E-state index contributed by atoms with van der Waals surface area (Å²) in [4.78, 5) is 10.4. The van der Waals surface area contributed by atoms with Crippen LogP contribution in [0.2, 0.25) is 0 Å². The van der Waals surface area contributed by atoms with Gasteiger partial charge in [0.1, 0.15) is 5.82 Å². The Labute approximate surface area is 104 Å². The minimum atomic E-state index is -0.346. The van der Waals surface area contributed by atoms with E-state index in [-0.39, 0.29) is 6.10 Å². The Kier molecular flexibility index (Phi) is 3.58. The monoisotopic (exact) mass is 251 g/mol. The topological polar surface area (TPSA) is 116 Å². The summed E-state index contributed by atoms with van der Waals surface area (Å²) < 4.78 is 0.